The predicted octanol–water partition coefficient (Wildman–Crippen LogP) is 1.97. The molecule has 1 aromatic rings. The Bertz CT molecular complexity index is 812. The maximum Gasteiger partial charge on any atom is 0.410 e. The molecule has 1 N–H and O–H groups in total. The lowest BCUT2D eigenvalue weighted by Crippen LogP contribution is -2.50. The van der Waals surface area contributed by atoms with Crippen LogP contribution in [0.5, 0.6) is 0 Å². The number of carbonyl (C=O) groups excluding carboxylic acids is 2. The lowest BCUT2D eigenvalue weighted by atomic mass is 10.2. The van der Waals surface area contributed by atoms with Gasteiger partial charge in [0, 0.05) is 36.9 Å². The fraction of sp³-hybridized carbons (Fsp3) is 0.650. The van der Waals surface area contributed by atoms with E-state index in [-0.39, 0.29) is 23.5 Å². The lowest BCUT2D eigenvalue weighted by molar-refractivity contribution is 0.0240. The Morgan fingerprint density at radius 2 is 2.04 bits per heavy atom. The molecule has 154 valence electrons. The van der Waals surface area contributed by atoms with Crippen molar-refractivity contribution in [1.29, 1.82) is 0 Å². The SMILES string of the molecule is [2H]C([2H])([2H])c1nc(C(=O)N[C@@H]2CCOC2)ccc1N1CCN(C(=O)OC(C)(C)C)CC1. The molecule has 8 heteroatoms. The van der Waals surface area contributed by atoms with Gasteiger partial charge in [-0.2, -0.15) is 0 Å². The Morgan fingerprint density at radius 1 is 1.29 bits per heavy atom. The molecule has 0 spiro atoms. The lowest BCUT2D eigenvalue weighted by Gasteiger charge is -2.37. The Kier molecular flexibility index (Phi) is 4.94. The molecule has 0 bridgehead atoms. The van der Waals surface area contributed by atoms with Gasteiger partial charge in [0.15, 0.2) is 0 Å². The summed E-state index contributed by atoms with van der Waals surface area (Å²) in [7, 11) is 0. The first-order valence-electron chi connectivity index (χ1n) is 11.1. The summed E-state index contributed by atoms with van der Waals surface area (Å²) < 4.78 is 34.4. The van der Waals surface area contributed by atoms with Crippen LogP contribution < -0.4 is 10.2 Å². The molecule has 0 radical (unpaired) electrons. The minimum absolute atomic E-state index is 0.0640. The van der Waals surface area contributed by atoms with Crippen LogP contribution in [0.3, 0.4) is 0 Å². The van der Waals surface area contributed by atoms with E-state index in [1.165, 1.54) is 6.07 Å². The predicted molar refractivity (Wildman–Crippen MR) is 106 cm³/mol. The van der Waals surface area contributed by atoms with Crippen molar-refractivity contribution in [3.05, 3.63) is 23.5 Å². The summed E-state index contributed by atoms with van der Waals surface area (Å²) in [5.41, 5.74) is -0.180. The molecule has 3 heterocycles. The summed E-state index contributed by atoms with van der Waals surface area (Å²) in [6, 6.07) is 3.07. The number of hydrogen-bond acceptors (Lipinski definition) is 6. The first-order chi connectivity index (χ1) is 14.4. The first kappa shape index (κ1) is 16.6. The van der Waals surface area contributed by atoms with Gasteiger partial charge in [0.05, 0.1) is 24.0 Å². The zero-order chi connectivity index (χ0) is 22.8. The van der Waals surface area contributed by atoms with Gasteiger partial charge >= 0.3 is 6.09 Å². The molecule has 28 heavy (non-hydrogen) atoms. The van der Waals surface area contributed by atoms with Gasteiger partial charge in [-0.05, 0) is 46.2 Å². The van der Waals surface area contributed by atoms with Crippen LogP contribution in [0, 0.1) is 6.85 Å². The molecule has 1 aromatic heterocycles. The Morgan fingerprint density at radius 3 is 2.64 bits per heavy atom. The van der Waals surface area contributed by atoms with Crippen molar-refractivity contribution < 1.29 is 23.2 Å². The molecule has 0 aliphatic carbocycles. The standard InChI is InChI=1S/C20H30N4O4/c1-14-17(6-5-16(21-14)18(25)22-15-7-12-27-13-15)23-8-10-24(11-9-23)19(26)28-20(2,3)4/h5-6,15H,7-13H2,1-4H3,(H,22,25)/t15-/m1/s1/i1D3. The molecular formula is C20H30N4O4. The topological polar surface area (TPSA) is 84.0 Å². The maximum atomic E-state index is 12.5. The maximum absolute atomic E-state index is 12.5. The summed E-state index contributed by atoms with van der Waals surface area (Å²) in [5.74, 6) is -0.415. The number of piperazine rings is 1. The van der Waals surface area contributed by atoms with Crippen LogP contribution in [-0.2, 0) is 9.47 Å². The molecule has 2 saturated heterocycles. The van der Waals surface area contributed by atoms with E-state index in [4.69, 9.17) is 13.6 Å². The molecule has 0 aromatic carbocycles. The Labute approximate surface area is 170 Å². The molecule has 2 aliphatic rings. The third kappa shape index (κ3) is 5.13. The fourth-order valence-electron chi connectivity index (χ4n) is 3.20. The van der Waals surface area contributed by atoms with Crippen LogP contribution in [-0.4, -0.2) is 72.9 Å². The van der Waals surface area contributed by atoms with E-state index < -0.39 is 18.4 Å². The van der Waals surface area contributed by atoms with E-state index in [1.54, 1.807) is 11.0 Å². The number of ether oxygens (including phenoxy) is 2. The van der Waals surface area contributed by atoms with Crippen molar-refractivity contribution in [3.8, 4) is 0 Å². The third-order valence-electron chi connectivity index (χ3n) is 4.64. The minimum atomic E-state index is -2.48. The van der Waals surface area contributed by atoms with Crippen LogP contribution in [0.25, 0.3) is 0 Å². The summed E-state index contributed by atoms with van der Waals surface area (Å²) >= 11 is 0. The Hall–Kier alpha value is -2.35. The molecule has 3 rings (SSSR count). The van der Waals surface area contributed by atoms with E-state index in [9.17, 15) is 9.59 Å². The molecule has 1 atom stereocenters. The molecule has 0 unspecified atom stereocenters. The molecular weight excluding hydrogens is 360 g/mol. The van der Waals surface area contributed by atoms with Gasteiger partial charge in [0.2, 0.25) is 0 Å². The van der Waals surface area contributed by atoms with E-state index >= 15 is 0 Å². The van der Waals surface area contributed by atoms with E-state index in [0.29, 0.717) is 45.1 Å². The van der Waals surface area contributed by atoms with Crippen molar-refractivity contribution in [1.82, 2.24) is 15.2 Å². The number of aromatic nitrogens is 1. The normalized spacial score (nSPS) is 22.2. The highest BCUT2D eigenvalue weighted by Gasteiger charge is 2.27. The van der Waals surface area contributed by atoms with Crippen molar-refractivity contribution in [2.45, 2.75) is 45.7 Å². The second kappa shape index (κ2) is 8.34. The monoisotopic (exact) mass is 393 g/mol. The third-order valence-corrected chi connectivity index (χ3v) is 4.64. The minimum Gasteiger partial charge on any atom is -0.444 e. The van der Waals surface area contributed by atoms with Gasteiger partial charge in [0.25, 0.3) is 5.91 Å². The van der Waals surface area contributed by atoms with Gasteiger partial charge in [0.1, 0.15) is 11.3 Å². The van der Waals surface area contributed by atoms with Gasteiger partial charge in [-0.15, -0.1) is 0 Å². The highest BCUT2D eigenvalue weighted by atomic mass is 16.6. The zero-order valence-corrected chi connectivity index (χ0v) is 16.7. The van der Waals surface area contributed by atoms with Crippen LogP contribution in [0.15, 0.2) is 12.1 Å². The number of rotatable bonds is 3. The number of anilines is 1. The largest absolute Gasteiger partial charge is 0.444 e. The van der Waals surface area contributed by atoms with Gasteiger partial charge in [-0.3, -0.25) is 4.79 Å². The molecule has 8 nitrogen and oxygen atoms in total. The second-order valence-electron chi connectivity index (χ2n) is 8.05. The average Bonchev–Trinajstić information content (AvgIpc) is 3.18. The van der Waals surface area contributed by atoms with Crippen LogP contribution >= 0.6 is 0 Å². The van der Waals surface area contributed by atoms with Crippen molar-refractivity contribution in [2.24, 2.45) is 0 Å². The summed E-state index contributed by atoms with van der Waals surface area (Å²) in [4.78, 5) is 32.5. The Balaban J connectivity index is 1.72. The van der Waals surface area contributed by atoms with Gasteiger partial charge in [-0.25, -0.2) is 9.78 Å². The van der Waals surface area contributed by atoms with Crippen molar-refractivity contribution in [2.75, 3.05) is 44.3 Å². The van der Waals surface area contributed by atoms with Crippen LogP contribution in [0.1, 0.15) is 47.5 Å². The number of amides is 2. The van der Waals surface area contributed by atoms with E-state index in [2.05, 4.69) is 10.3 Å². The number of pyridine rings is 1. The number of carbonyl (C=O) groups is 2. The van der Waals surface area contributed by atoms with Crippen LogP contribution in [0.2, 0.25) is 0 Å². The zero-order valence-electron chi connectivity index (χ0n) is 19.7. The molecule has 0 saturated carbocycles. The van der Waals surface area contributed by atoms with E-state index in [1.807, 2.05) is 25.7 Å². The molecule has 2 fully saturated rings. The summed E-state index contributed by atoms with van der Waals surface area (Å²) in [6.07, 6.45) is 0.335. The molecule has 2 amide bonds. The van der Waals surface area contributed by atoms with E-state index in [0.717, 1.165) is 6.42 Å². The van der Waals surface area contributed by atoms with Crippen molar-refractivity contribution in [3.63, 3.8) is 0 Å². The number of nitrogens with one attached hydrogen (secondary N) is 1. The van der Waals surface area contributed by atoms with Crippen molar-refractivity contribution >= 4 is 17.7 Å². The fourth-order valence-corrected chi connectivity index (χ4v) is 3.20. The second-order valence-corrected chi connectivity index (χ2v) is 8.05. The number of hydrogen-bond donors (Lipinski definition) is 1. The van der Waals surface area contributed by atoms with Crippen LogP contribution in [0.4, 0.5) is 10.5 Å². The average molecular weight is 394 g/mol. The summed E-state index contributed by atoms with van der Waals surface area (Å²) in [6.45, 7) is 5.67. The quantitative estimate of drug-likeness (QED) is 0.845. The smallest absolute Gasteiger partial charge is 0.410 e. The number of aryl methyl sites for hydroxylation is 1. The van der Waals surface area contributed by atoms with Gasteiger partial charge < -0.3 is 24.6 Å². The highest BCUT2D eigenvalue weighted by Crippen LogP contribution is 2.21. The number of nitrogens with zero attached hydrogens (tertiary/aromatic N) is 3. The summed E-state index contributed by atoms with van der Waals surface area (Å²) in [5, 5.41) is 2.83. The first-order valence-corrected chi connectivity index (χ1v) is 9.57. The molecule has 2 aliphatic heterocycles. The highest BCUT2D eigenvalue weighted by molar-refractivity contribution is 5.92. The van der Waals surface area contributed by atoms with Gasteiger partial charge in [-0.1, -0.05) is 0 Å².